The Hall–Kier alpha value is -1.92. The molecule has 6 nitrogen and oxygen atoms in total. The molecule has 2 amide bonds. The molecule has 0 bridgehead atoms. The molecule has 1 aromatic rings. The standard InChI is InChI=1S/C19H29N3O3/c1-14(25-2)18(24)22-16-8-6-7-15(11-16)21-17(23)12-19(13-20)9-4-3-5-10-19/h6-8,11,14H,3-5,9-10,12-13,20H2,1-2H3,(H,21,23)(H,22,24). The first-order valence-corrected chi connectivity index (χ1v) is 8.92. The summed E-state index contributed by atoms with van der Waals surface area (Å²) in [4.78, 5) is 24.3. The van der Waals surface area contributed by atoms with Crippen LogP contribution in [0.4, 0.5) is 11.4 Å². The van der Waals surface area contributed by atoms with Crippen LogP contribution in [-0.2, 0) is 14.3 Å². The van der Waals surface area contributed by atoms with Crippen LogP contribution < -0.4 is 16.4 Å². The number of hydrogen-bond acceptors (Lipinski definition) is 4. The molecule has 4 N–H and O–H groups in total. The molecule has 1 saturated carbocycles. The topological polar surface area (TPSA) is 93.5 Å². The van der Waals surface area contributed by atoms with Gasteiger partial charge < -0.3 is 21.1 Å². The smallest absolute Gasteiger partial charge is 0.253 e. The van der Waals surface area contributed by atoms with E-state index in [9.17, 15) is 9.59 Å². The van der Waals surface area contributed by atoms with Gasteiger partial charge >= 0.3 is 0 Å². The highest BCUT2D eigenvalue weighted by atomic mass is 16.5. The Balaban J connectivity index is 1.96. The molecule has 0 aliphatic heterocycles. The molecule has 0 radical (unpaired) electrons. The van der Waals surface area contributed by atoms with Crippen molar-refractivity contribution in [3.63, 3.8) is 0 Å². The van der Waals surface area contributed by atoms with Gasteiger partial charge in [0.25, 0.3) is 5.91 Å². The van der Waals surface area contributed by atoms with Crippen LogP contribution in [0.2, 0.25) is 0 Å². The Bertz CT molecular complexity index is 597. The van der Waals surface area contributed by atoms with Gasteiger partial charge in [0.15, 0.2) is 0 Å². The van der Waals surface area contributed by atoms with E-state index in [-0.39, 0.29) is 17.2 Å². The molecule has 1 aliphatic carbocycles. The molecule has 0 saturated heterocycles. The minimum atomic E-state index is -0.533. The highest BCUT2D eigenvalue weighted by molar-refractivity contribution is 5.96. The molecule has 1 atom stereocenters. The summed E-state index contributed by atoms with van der Waals surface area (Å²) in [6, 6.07) is 7.12. The number of hydrogen-bond donors (Lipinski definition) is 3. The first-order chi connectivity index (χ1) is 12.0. The van der Waals surface area contributed by atoms with Crippen molar-refractivity contribution in [2.24, 2.45) is 11.1 Å². The Morgan fingerprint density at radius 1 is 1.20 bits per heavy atom. The van der Waals surface area contributed by atoms with Gasteiger partial charge in [-0.05, 0) is 49.9 Å². The number of nitrogens with one attached hydrogen (secondary N) is 2. The maximum Gasteiger partial charge on any atom is 0.253 e. The summed E-state index contributed by atoms with van der Waals surface area (Å²) < 4.78 is 4.99. The van der Waals surface area contributed by atoms with Crippen LogP contribution in [0.1, 0.15) is 45.4 Å². The van der Waals surface area contributed by atoms with Crippen LogP contribution in [-0.4, -0.2) is 31.6 Å². The molecular weight excluding hydrogens is 318 g/mol. The number of methoxy groups -OCH3 is 1. The summed E-state index contributed by atoms with van der Waals surface area (Å²) in [6.45, 7) is 2.23. The largest absolute Gasteiger partial charge is 0.372 e. The van der Waals surface area contributed by atoms with Crippen molar-refractivity contribution in [1.29, 1.82) is 0 Å². The molecule has 2 rings (SSSR count). The van der Waals surface area contributed by atoms with Crippen molar-refractivity contribution < 1.29 is 14.3 Å². The number of nitrogens with two attached hydrogens (primary N) is 1. The van der Waals surface area contributed by atoms with E-state index < -0.39 is 6.10 Å². The predicted molar refractivity (Wildman–Crippen MR) is 99.4 cm³/mol. The molecule has 25 heavy (non-hydrogen) atoms. The molecule has 0 heterocycles. The van der Waals surface area contributed by atoms with Crippen LogP contribution in [0, 0.1) is 5.41 Å². The Labute approximate surface area is 149 Å². The lowest BCUT2D eigenvalue weighted by Gasteiger charge is -2.35. The average molecular weight is 347 g/mol. The molecule has 138 valence electrons. The van der Waals surface area contributed by atoms with Gasteiger partial charge in [-0.2, -0.15) is 0 Å². The van der Waals surface area contributed by atoms with Crippen LogP contribution in [0.15, 0.2) is 24.3 Å². The highest BCUT2D eigenvalue weighted by Crippen LogP contribution is 2.38. The molecule has 1 unspecified atom stereocenters. The lowest BCUT2D eigenvalue weighted by atomic mass is 9.71. The number of benzene rings is 1. The van der Waals surface area contributed by atoms with Gasteiger partial charge in [-0.25, -0.2) is 0 Å². The first-order valence-electron chi connectivity index (χ1n) is 8.92. The van der Waals surface area contributed by atoms with E-state index in [0.29, 0.717) is 24.3 Å². The lowest BCUT2D eigenvalue weighted by Crippen LogP contribution is -2.36. The van der Waals surface area contributed by atoms with Gasteiger partial charge in [0, 0.05) is 24.9 Å². The van der Waals surface area contributed by atoms with Crippen molar-refractivity contribution in [2.75, 3.05) is 24.3 Å². The van der Waals surface area contributed by atoms with Gasteiger partial charge in [-0.1, -0.05) is 25.3 Å². The van der Waals surface area contributed by atoms with Gasteiger partial charge in [0.2, 0.25) is 5.91 Å². The number of amides is 2. The van der Waals surface area contributed by atoms with Crippen molar-refractivity contribution in [3.8, 4) is 0 Å². The molecule has 1 aromatic carbocycles. The van der Waals surface area contributed by atoms with E-state index in [4.69, 9.17) is 10.5 Å². The van der Waals surface area contributed by atoms with Crippen molar-refractivity contribution in [1.82, 2.24) is 0 Å². The van der Waals surface area contributed by atoms with Gasteiger partial charge in [-0.3, -0.25) is 9.59 Å². The summed E-state index contributed by atoms with van der Waals surface area (Å²) in [6.07, 6.45) is 5.46. The van der Waals surface area contributed by atoms with Crippen LogP contribution in [0.3, 0.4) is 0 Å². The van der Waals surface area contributed by atoms with Crippen LogP contribution in [0.25, 0.3) is 0 Å². The molecule has 1 aliphatic rings. The van der Waals surface area contributed by atoms with Crippen LogP contribution >= 0.6 is 0 Å². The highest BCUT2D eigenvalue weighted by Gasteiger charge is 2.32. The summed E-state index contributed by atoms with van der Waals surface area (Å²) >= 11 is 0. The quantitative estimate of drug-likeness (QED) is 0.707. The second kappa shape index (κ2) is 8.97. The van der Waals surface area contributed by atoms with E-state index in [0.717, 1.165) is 25.7 Å². The third-order valence-electron chi connectivity index (χ3n) is 5.02. The minimum absolute atomic E-state index is 0.0268. The van der Waals surface area contributed by atoms with E-state index in [1.807, 2.05) is 6.07 Å². The fourth-order valence-electron chi connectivity index (χ4n) is 3.33. The first kappa shape index (κ1) is 19.4. The number of ether oxygens (including phenoxy) is 1. The van der Waals surface area contributed by atoms with Gasteiger partial charge in [0.05, 0.1) is 0 Å². The van der Waals surface area contributed by atoms with Crippen molar-refractivity contribution in [3.05, 3.63) is 24.3 Å². The Morgan fingerprint density at radius 2 is 1.84 bits per heavy atom. The van der Waals surface area contributed by atoms with Gasteiger partial charge in [-0.15, -0.1) is 0 Å². The molecule has 0 aromatic heterocycles. The zero-order chi connectivity index (χ0) is 18.3. The zero-order valence-electron chi connectivity index (χ0n) is 15.1. The number of carbonyl (C=O) groups is 2. The van der Waals surface area contributed by atoms with E-state index in [2.05, 4.69) is 10.6 Å². The minimum Gasteiger partial charge on any atom is -0.372 e. The van der Waals surface area contributed by atoms with E-state index in [1.54, 1.807) is 25.1 Å². The Morgan fingerprint density at radius 3 is 2.44 bits per heavy atom. The summed E-state index contributed by atoms with van der Waals surface area (Å²) in [7, 11) is 1.49. The molecular formula is C19H29N3O3. The molecule has 1 fully saturated rings. The number of anilines is 2. The molecule has 6 heteroatoms. The van der Waals surface area contributed by atoms with E-state index >= 15 is 0 Å². The average Bonchev–Trinajstić information content (AvgIpc) is 2.61. The number of rotatable bonds is 7. The molecule has 0 spiro atoms. The number of carbonyl (C=O) groups excluding carboxylic acids is 2. The summed E-state index contributed by atoms with van der Waals surface area (Å²) in [5.74, 6) is -0.253. The zero-order valence-corrected chi connectivity index (χ0v) is 15.1. The maximum absolute atomic E-state index is 12.5. The predicted octanol–water partition coefficient (Wildman–Crippen LogP) is 2.90. The third kappa shape index (κ3) is 5.54. The SMILES string of the molecule is COC(C)C(=O)Nc1cccc(NC(=O)CC2(CN)CCCCC2)c1. The summed E-state index contributed by atoms with van der Waals surface area (Å²) in [5.41, 5.74) is 7.18. The van der Waals surface area contributed by atoms with Crippen molar-refractivity contribution >= 4 is 23.2 Å². The van der Waals surface area contributed by atoms with E-state index in [1.165, 1.54) is 13.5 Å². The van der Waals surface area contributed by atoms with Crippen LogP contribution in [0.5, 0.6) is 0 Å². The Kier molecular flexibility index (Phi) is 6.96. The monoisotopic (exact) mass is 347 g/mol. The lowest BCUT2D eigenvalue weighted by molar-refractivity contribution is -0.124. The third-order valence-corrected chi connectivity index (χ3v) is 5.02. The van der Waals surface area contributed by atoms with Gasteiger partial charge in [0.1, 0.15) is 6.10 Å². The van der Waals surface area contributed by atoms with Crippen molar-refractivity contribution in [2.45, 2.75) is 51.6 Å². The normalized spacial score (nSPS) is 17.6. The fourth-order valence-corrected chi connectivity index (χ4v) is 3.33. The fraction of sp³-hybridized carbons (Fsp3) is 0.579. The maximum atomic E-state index is 12.5. The second-order valence-electron chi connectivity index (χ2n) is 6.94. The summed E-state index contributed by atoms with van der Waals surface area (Å²) in [5, 5.41) is 5.70. The second-order valence-corrected chi connectivity index (χ2v) is 6.94.